The molecule has 2 unspecified atom stereocenters. The van der Waals surface area contributed by atoms with Gasteiger partial charge in [-0.3, -0.25) is 0 Å². The normalized spacial score (nSPS) is 13.0. The summed E-state index contributed by atoms with van der Waals surface area (Å²) >= 11 is 9.48. The zero-order valence-corrected chi connectivity index (χ0v) is 14.6. The Bertz CT molecular complexity index is 287. The van der Waals surface area contributed by atoms with E-state index in [4.69, 9.17) is 36.7 Å². The van der Waals surface area contributed by atoms with Crippen LogP contribution >= 0.6 is 0 Å². The number of hydrogen-bond acceptors (Lipinski definition) is 8. The molecule has 0 aliphatic carbocycles. The van der Waals surface area contributed by atoms with E-state index < -0.39 is 33.5 Å². The molecule has 133 valence electrons. The molecule has 0 amide bonds. The van der Waals surface area contributed by atoms with E-state index in [0.29, 0.717) is 0 Å². The summed E-state index contributed by atoms with van der Waals surface area (Å²) in [6.07, 6.45) is 0. The summed E-state index contributed by atoms with van der Waals surface area (Å²) in [5.41, 5.74) is 10.3. The van der Waals surface area contributed by atoms with Gasteiger partial charge in [-0.2, -0.15) is 0 Å². The van der Waals surface area contributed by atoms with Gasteiger partial charge in [0.2, 0.25) is 0 Å². The van der Waals surface area contributed by atoms with Gasteiger partial charge in [0.15, 0.2) is 0 Å². The molecule has 8 nitrogen and oxygen atoms in total. The molecule has 8 N–H and O–H groups in total. The molecule has 0 rings (SSSR count). The molecular weight excluding hydrogens is 372 g/mol. The smallest absolute Gasteiger partial charge is 0.785 e. The first kappa shape index (κ1) is 32.8. The van der Waals surface area contributed by atoms with Crippen LogP contribution in [0.4, 0.5) is 0 Å². The van der Waals surface area contributed by atoms with Crippen molar-refractivity contribution in [1.82, 2.24) is 0 Å². The quantitative estimate of drug-likeness (QED) is 0.349. The fraction of sp³-hybridized carbons (Fsp3) is 0.800. The molecule has 0 aliphatic rings. The van der Waals surface area contributed by atoms with Crippen LogP contribution in [0, 0.1) is 0 Å². The van der Waals surface area contributed by atoms with Gasteiger partial charge in [-0.1, -0.05) is 27.7 Å². The molecule has 0 aliphatic heterocycles. The van der Waals surface area contributed by atoms with E-state index in [1.54, 1.807) is 27.7 Å². The van der Waals surface area contributed by atoms with Gasteiger partial charge < -0.3 is 67.5 Å². The average molecular weight is 396 g/mol. The van der Waals surface area contributed by atoms with E-state index in [2.05, 4.69) is 0 Å². The third-order valence-corrected chi connectivity index (χ3v) is 2.51. The Morgan fingerprint density at radius 2 is 1.05 bits per heavy atom. The molecule has 0 saturated carbocycles. The van der Waals surface area contributed by atoms with E-state index >= 15 is 0 Å². The maximum atomic E-state index is 10.0. The molecular formula is C10H24CuN2O6S2. The van der Waals surface area contributed by atoms with Crippen molar-refractivity contribution in [3.63, 3.8) is 0 Å². The summed E-state index contributed by atoms with van der Waals surface area (Å²) in [7, 11) is 0. The number of rotatable bonds is 4. The van der Waals surface area contributed by atoms with E-state index in [0.717, 1.165) is 0 Å². The second-order valence-corrected chi connectivity index (χ2v) is 6.90. The maximum absolute atomic E-state index is 10.0. The second-order valence-electron chi connectivity index (χ2n) is 4.80. The SMILES string of the molecule is CC(C)([S-])C(N)C(=O)[O-].CC(C)([S-])C(N)C(=O)[O-].O.O.[Cu+2].[H+].[H+]. The first-order valence-corrected chi connectivity index (χ1v) is 5.86. The van der Waals surface area contributed by atoms with Gasteiger partial charge in [0.05, 0.1) is 11.9 Å². The van der Waals surface area contributed by atoms with Crippen LogP contribution in [0.25, 0.3) is 0 Å². The maximum Gasteiger partial charge on any atom is 2.00 e. The third-order valence-electron chi connectivity index (χ3n) is 2.01. The van der Waals surface area contributed by atoms with Crippen molar-refractivity contribution in [3.8, 4) is 0 Å². The van der Waals surface area contributed by atoms with Crippen LogP contribution in [0.2, 0.25) is 0 Å². The number of carbonyl (C=O) groups excluding carboxylic acids is 2. The van der Waals surface area contributed by atoms with E-state index in [1.807, 2.05) is 0 Å². The van der Waals surface area contributed by atoms with Crippen LogP contribution in [0.15, 0.2) is 0 Å². The van der Waals surface area contributed by atoms with Gasteiger partial charge in [-0.25, -0.2) is 0 Å². The Kier molecular flexibility index (Phi) is 19.6. The van der Waals surface area contributed by atoms with Gasteiger partial charge in [0.1, 0.15) is 0 Å². The Hall–Kier alpha value is -0.000519. The predicted molar refractivity (Wildman–Crippen MR) is 78.3 cm³/mol. The zero-order chi connectivity index (χ0) is 15.3. The van der Waals surface area contributed by atoms with Crippen molar-refractivity contribution in [2.45, 2.75) is 49.3 Å². The number of aliphatic carboxylic acids is 2. The second kappa shape index (κ2) is 12.5. The minimum atomic E-state index is -1.30. The Morgan fingerprint density at radius 1 is 0.905 bits per heavy atom. The molecule has 0 fully saturated rings. The van der Waals surface area contributed by atoms with Crippen molar-refractivity contribution < 1.29 is 50.7 Å². The van der Waals surface area contributed by atoms with Gasteiger partial charge >= 0.3 is 19.9 Å². The van der Waals surface area contributed by atoms with Crippen molar-refractivity contribution in [2.75, 3.05) is 0 Å². The Balaban J connectivity index is -0.0000000366. The van der Waals surface area contributed by atoms with Crippen molar-refractivity contribution in [1.29, 1.82) is 0 Å². The predicted octanol–water partition coefficient (Wildman–Crippen LogP) is -4.65. The molecule has 2 atom stereocenters. The first-order valence-electron chi connectivity index (χ1n) is 5.05. The van der Waals surface area contributed by atoms with Crippen LogP contribution in [-0.2, 0) is 51.9 Å². The van der Waals surface area contributed by atoms with Crippen molar-refractivity contribution in [2.24, 2.45) is 11.5 Å². The standard InChI is InChI=1S/2C5H11NO2S.Cu.2H2O/c2*1-5(2,9)3(6)4(7)8;;;/h2*3,9H,6H2,1-2H3,(H,7,8);;2*1H2/q;;+2;;/p-2. The fourth-order valence-corrected chi connectivity index (χ4v) is 0.760. The molecule has 0 bridgehead atoms. The summed E-state index contributed by atoms with van der Waals surface area (Å²) in [4.78, 5) is 20.1. The molecule has 1 radical (unpaired) electrons. The average Bonchev–Trinajstić information content (AvgIpc) is 2.13. The monoisotopic (exact) mass is 395 g/mol. The van der Waals surface area contributed by atoms with Crippen LogP contribution in [0.1, 0.15) is 30.5 Å². The minimum Gasteiger partial charge on any atom is -0.785 e. The van der Waals surface area contributed by atoms with E-state index in [9.17, 15) is 19.8 Å². The molecule has 0 heterocycles. The Labute approximate surface area is 148 Å². The molecule has 0 spiro atoms. The third kappa shape index (κ3) is 16.2. The van der Waals surface area contributed by atoms with Crippen LogP contribution < -0.4 is 21.7 Å². The van der Waals surface area contributed by atoms with E-state index in [-0.39, 0.29) is 30.9 Å². The van der Waals surface area contributed by atoms with E-state index in [1.165, 1.54) is 0 Å². The summed E-state index contributed by atoms with van der Waals surface area (Å²) in [6.45, 7) is 6.29. The molecule has 0 saturated heterocycles. The minimum absolute atomic E-state index is 0. The first-order chi connectivity index (χ1) is 7.71. The van der Waals surface area contributed by atoms with Crippen LogP contribution in [0.3, 0.4) is 0 Å². The fourth-order valence-electron chi connectivity index (χ4n) is 0.568. The summed E-state index contributed by atoms with van der Waals surface area (Å²) < 4.78 is -1.64. The molecule has 11 heteroatoms. The number of hydrogen-bond donors (Lipinski definition) is 2. The Morgan fingerprint density at radius 3 is 1.05 bits per heavy atom. The number of carboxylic acid groups (broad SMARTS) is 2. The van der Waals surface area contributed by atoms with Crippen molar-refractivity contribution in [3.05, 3.63) is 0 Å². The van der Waals surface area contributed by atoms with Gasteiger partial charge in [0, 0.05) is 12.1 Å². The van der Waals surface area contributed by atoms with Gasteiger partial charge in [-0.15, -0.1) is 9.49 Å². The molecule has 0 aromatic heterocycles. The number of nitrogens with two attached hydrogens (primary N) is 2. The van der Waals surface area contributed by atoms with Crippen molar-refractivity contribution >= 4 is 37.2 Å². The zero-order valence-electron chi connectivity index (χ0n) is 14.1. The summed E-state index contributed by atoms with van der Waals surface area (Å²) in [5.74, 6) is -2.59. The molecule has 0 aromatic rings. The summed E-state index contributed by atoms with van der Waals surface area (Å²) in [6, 6.07) is -2.13. The summed E-state index contributed by atoms with van der Waals surface area (Å²) in [5, 5.41) is 20.1. The molecule has 21 heavy (non-hydrogen) atoms. The molecule has 0 aromatic carbocycles. The van der Waals surface area contributed by atoms with Crippen LogP contribution in [-0.4, -0.2) is 44.5 Å². The van der Waals surface area contributed by atoms with Gasteiger partial charge in [-0.05, 0) is 0 Å². The topological polar surface area (TPSA) is 195 Å². The van der Waals surface area contributed by atoms with Crippen LogP contribution in [0.5, 0.6) is 0 Å². The number of carbonyl (C=O) groups is 2. The number of carboxylic acids is 2. The largest absolute Gasteiger partial charge is 2.00 e. The van der Waals surface area contributed by atoms with Gasteiger partial charge in [0.25, 0.3) is 0 Å².